The van der Waals surface area contributed by atoms with Crippen molar-refractivity contribution in [3.05, 3.63) is 65.8 Å². The lowest BCUT2D eigenvalue weighted by atomic mass is 9.93. The molecule has 5 heteroatoms. The Bertz CT molecular complexity index is 1260. The van der Waals surface area contributed by atoms with Crippen LogP contribution in [0.15, 0.2) is 59.0 Å². The summed E-state index contributed by atoms with van der Waals surface area (Å²) < 4.78 is 25.8. The average Bonchev–Trinajstić information content (AvgIpc) is 2.77. The van der Waals surface area contributed by atoms with Crippen LogP contribution in [-0.2, 0) is 0 Å². The van der Waals surface area contributed by atoms with Gasteiger partial charge in [-0.1, -0.05) is 6.07 Å². The molecule has 3 aliphatic rings. The molecule has 1 aliphatic carbocycles. The Labute approximate surface area is 174 Å². The van der Waals surface area contributed by atoms with E-state index in [1.165, 1.54) is 32.4 Å². The van der Waals surface area contributed by atoms with Gasteiger partial charge in [0.2, 0.25) is 0 Å². The highest BCUT2D eigenvalue weighted by Gasteiger charge is 2.20. The topological polar surface area (TPSA) is 49.5 Å². The predicted molar refractivity (Wildman–Crippen MR) is 117 cm³/mol. The molecule has 0 atom stereocenters. The minimum Gasteiger partial charge on any atom is -0.494 e. The van der Waals surface area contributed by atoms with Gasteiger partial charge in [-0.05, 0) is 61.2 Å². The first-order chi connectivity index (χ1) is 14.6. The molecule has 1 fully saturated rings. The number of nitrogens with zero attached hydrogens (tertiary/aromatic N) is 1. The largest absolute Gasteiger partial charge is 0.494 e. The standard InChI is InChI=1S/C25H23FN2O2/c1-29-22-10-5-16(13-21(22)26)25-19-8-6-17(27)14-23(19)30-24-15-18(7-9-20(24)25)28-11-3-2-4-12-28/h5-10,13-15,27H,2-4,11-12H2,1H3. The van der Waals surface area contributed by atoms with E-state index >= 15 is 0 Å². The molecule has 30 heavy (non-hydrogen) atoms. The summed E-state index contributed by atoms with van der Waals surface area (Å²) in [6.45, 7) is 2.10. The molecule has 4 nitrogen and oxygen atoms in total. The number of benzene rings is 3. The predicted octanol–water partition coefficient (Wildman–Crippen LogP) is 5.82. The lowest BCUT2D eigenvalue weighted by molar-refractivity contribution is 0.386. The molecule has 152 valence electrons. The number of ether oxygens (including phenoxy) is 1. The lowest BCUT2D eigenvalue weighted by Gasteiger charge is -2.29. The first kappa shape index (κ1) is 18.7. The highest BCUT2D eigenvalue weighted by atomic mass is 19.1. The van der Waals surface area contributed by atoms with Crippen LogP contribution in [-0.4, -0.2) is 20.2 Å². The van der Waals surface area contributed by atoms with Gasteiger partial charge in [0.15, 0.2) is 11.6 Å². The van der Waals surface area contributed by atoms with E-state index in [4.69, 9.17) is 14.6 Å². The summed E-state index contributed by atoms with van der Waals surface area (Å²) in [6, 6.07) is 16.6. The van der Waals surface area contributed by atoms with Gasteiger partial charge in [0.05, 0.1) is 12.5 Å². The Morgan fingerprint density at radius 2 is 1.80 bits per heavy atom. The molecule has 0 amide bonds. The number of nitrogens with one attached hydrogen (secondary N) is 1. The third-order valence-electron chi connectivity index (χ3n) is 5.87. The normalized spacial score (nSPS) is 14.4. The summed E-state index contributed by atoms with van der Waals surface area (Å²) in [5, 5.41) is 9.31. The molecule has 2 aromatic rings. The van der Waals surface area contributed by atoms with Crippen molar-refractivity contribution >= 4 is 16.7 Å². The zero-order valence-corrected chi connectivity index (χ0v) is 16.9. The van der Waals surface area contributed by atoms with Crippen LogP contribution >= 0.6 is 0 Å². The van der Waals surface area contributed by atoms with Crippen LogP contribution in [0.5, 0.6) is 5.75 Å². The Morgan fingerprint density at radius 3 is 2.57 bits per heavy atom. The van der Waals surface area contributed by atoms with Gasteiger partial charge in [-0.3, -0.25) is 0 Å². The maximum absolute atomic E-state index is 14.5. The SMILES string of the molecule is COc1ccc(-c2c3ccc(=N)cc-3oc3cc(N4CCCCC4)ccc23)cc1F. The van der Waals surface area contributed by atoms with Gasteiger partial charge in [0.1, 0.15) is 11.3 Å². The van der Waals surface area contributed by atoms with Gasteiger partial charge in [-0.25, -0.2) is 4.39 Å². The van der Waals surface area contributed by atoms with Crippen LogP contribution in [0, 0.1) is 11.2 Å². The second-order valence-electron chi connectivity index (χ2n) is 7.77. The average molecular weight is 402 g/mol. The molecule has 2 heterocycles. The van der Waals surface area contributed by atoms with Gasteiger partial charge < -0.3 is 19.5 Å². The number of rotatable bonds is 3. The number of hydrogen-bond acceptors (Lipinski definition) is 4. The molecule has 0 unspecified atom stereocenters. The zero-order chi connectivity index (χ0) is 20.7. The highest BCUT2D eigenvalue weighted by molar-refractivity contribution is 6.02. The number of fused-ring (bicyclic) bond motifs is 2. The molecule has 0 spiro atoms. The van der Waals surface area contributed by atoms with Gasteiger partial charge in [0, 0.05) is 47.4 Å². The van der Waals surface area contributed by atoms with Crippen LogP contribution in [0.3, 0.4) is 0 Å². The number of piperidine rings is 1. The van der Waals surface area contributed by atoms with Crippen molar-refractivity contribution in [3.8, 4) is 28.2 Å². The summed E-state index contributed by atoms with van der Waals surface area (Å²) in [5.41, 5.74) is 4.39. The summed E-state index contributed by atoms with van der Waals surface area (Å²) in [5.74, 6) is 0.435. The first-order valence-electron chi connectivity index (χ1n) is 10.3. The van der Waals surface area contributed by atoms with Crippen LogP contribution in [0.1, 0.15) is 19.3 Å². The third-order valence-corrected chi connectivity index (χ3v) is 5.87. The Kier molecular flexibility index (Phi) is 4.66. The van der Waals surface area contributed by atoms with Gasteiger partial charge >= 0.3 is 0 Å². The molecule has 2 aliphatic heterocycles. The lowest BCUT2D eigenvalue weighted by Crippen LogP contribution is -2.29. The van der Waals surface area contributed by atoms with E-state index in [1.807, 2.05) is 12.1 Å². The molecule has 1 N–H and O–H groups in total. The van der Waals surface area contributed by atoms with Gasteiger partial charge in [-0.2, -0.15) is 0 Å². The Morgan fingerprint density at radius 1 is 0.967 bits per heavy atom. The van der Waals surface area contributed by atoms with E-state index < -0.39 is 5.82 Å². The number of halogens is 1. The summed E-state index contributed by atoms with van der Waals surface area (Å²) in [6.07, 6.45) is 3.68. The van der Waals surface area contributed by atoms with Gasteiger partial charge in [0.25, 0.3) is 0 Å². The molecule has 0 saturated carbocycles. The van der Waals surface area contributed by atoms with E-state index in [2.05, 4.69) is 23.1 Å². The van der Waals surface area contributed by atoms with Crippen molar-refractivity contribution in [1.29, 1.82) is 5.41 Å². The smallest absolute Gasteiger partial charge is 0.165 e. The second kappa shape index (κ2) is 7.48. The van der Waals surface area contributed by atoms with Crippen molar-refractivity contribution in [2.45, 2.75) is 19.3 Å². The zero-order valence-electron chi connectivity index (χ0n) is 16.9. The molecule has 5 rings (SSSR count). The molecule has 0 radical (unpaired) electrons. The molecule has 1 saturated heterocycles. The van der Waals surface area contributed by atoms with Crippen molar-refractivity contribution in [2.24, 2.45) is 0 Å². The van der Waals surface area contributed by atoms with E-state index in [0.717, 1.165) is 46.4 Å². The second-order valence-corrected chi connectivity index (χ2v) is 7.77. The fraction of sp³-hybridized carbons (Fsp3) is 0.240. The van der Waals surface area contributed by atoms with Crippen LogP contribution in [0.2, 0.25) is 0 Å². The monoisotopic (exact) mass is 402 g/mol. The molecule has 0 aromatic heterocycles. The Balaban J connectivity index is 1.76. The maximum Gasteiger partial charge on any atom is 0.165 e. The first-order valence-corrected chi connectivity index (χ1v) is 10.3. The Hall–Kier alpha value is -3.34. The van der Waals surface area contributed by atoms with E-state index in [9.17, 15) is 4.39 Å². The summed E-state index contributed by atoms with van der Waals surface area (Å²) in [4.78, 5) is 2.39. The minimum atomic E-state index is -0.404. The van der Waals surface area contributed by atoms with Crippen LogP contribution in [0.4, 0.5) is 10.1 Å². The van der Waals surface area contributed by atoms with E-state index in [-0.39, 0.29) is 5.75 Å². The highest BCUT2D eigenvalue weighted by Crippen LogP contribution is 2.41. The minimum absolute atomic E-state index is 0.216. The van der Waals surface area contributed by atoms with Gasteiger partial charge in [-0.15, -0.1) is 0 Å². The van der Waals surface area contributed by atoms with Crippen molar-refractivity contribution < 1.29 is 13.5 Å². The van der Waals surface area contributed by atoms with Crippen molar-refractivity contribution in [2.75, 3.05) is 25.1 Å². The fourth-order valence-electron chi connectivity index (χ4n) is 4.36. The molecular weight excluding hydrogens is 379 g/mol. The number of methoxy groups -OCH3 is 1. The summed E-state index contributed by atoms with van der Waals surface area (Å²) >= 11 is 0. The maximum atomic E-state index is 14.5. The van der Waals surface area contributed by atoms with E-state index in [1.54, 1.807) is 18.2 Å². The fourth-order valence-corrected chi connectivity index (χ4v) is 4.36. The quantitative estimate of drug-likeness (QED) is 0.439. The van der Waals surface area contributed by atoms with Crippen LogP contribution < -0.4 is 15.0 Å². The van der Waals surface area contributed by atoms with E-state index in [0.29, 0.717) is 11.1 Å². The van der Waals surface area contributed by atoms with Crippen molar-refractivity contribution in [3.63, 3.8) is 0 Å². The summed E-state index contributed by atoms with van der Waals surface area (Å²) in [7, 11) is 1.46. The van der Waals surface area contributed by atoms with Crippen LogP contribution in [0.25, 0.3) is 33.4 Å². The third kappa shape index (κ3) is 3.20. The number of hydrogen-bond donors (Lipinski definition) is 1. The molecular formula is C25H23FN2O2. The molecule has 0 bridgehead atoms. The molecule has 2 aromatic carbocycles. The van der Waals surface area contributed by atoms with Crippen molar-refractivity contribution in [1.82, 2.24) is 0 Å². The number of anilines is 1.